The molecule has 1 unspecified atom stereocenters. The number of amides is 2. The second-order valence-electron chi connectivity index (χ2n) is 6.08. The van der Waals surface area contributed by atoms with Gasteiger partial charge in [-0.2, -0.15) is 0 Å². The first-order valence-electron chi connectivity index (χ1n) is 7.82. The van der Waals surface area contributed by atoms with Crippen LogP contribution in [0.4, 0.5) is 4.79 Å². The fourth-order valence-electron chi connectivity index (χ4n) is 2.60. The quantitative estimate of drug-likeness (QED) is 0.912. The molecule has 0 aliphatic carbocycles. The summed E-state index contributed by atoms with van der Waals surface area (Å²) >= 11 is 0. The number of carbonyl (C=O) groups is 2. The van der Waals surface area contributed by atoms with E-state index in [4.69, 9.17) is 10.5 Å². The number of imide groups is 1. The van der Waals surface area contributed by atoms with E-state index in [0.29, 0.717) is 13.0 Å². The summed E-state index contributed by atoms with van der Waals surface area (Å²) in [5, 5.41) is 0. The van der Waals surface area contributed by atoms with Gasteiger partial charge in [-0.3, -0.25) is 4.79 Å². The molecule has 5 nitrogen and oxygen atoms in total. The molecule has 0 bridgehead atoms. The lowest BCUT2D eigenvalue weighted by molar-refractivity contribution is -0.134. The maximum Gasteiger partial charge on any atom is 0.416 e. The van der Waals surface area contributed by atoms with Crippen LogP contribution in [0.1, 0.15) is 44.6 Å². The lowest BCUT2D eigenvalue weighted by Gasteiger charge is -2.29. The molecule has 1 aromatic rings. The summed E-state index contributed by atoms with van der Waals surface area (Å²) in [6.07, 6.45) is 3.72. The summed E-state index contributed by atoms with van der Waals surface area (Å²) in [6.45, 7) is 2.22. The van der Waals surface area contributed by atoms with Crippen molar-refractivity contribution in [2.75, 3.05) is 6.54 Å². The molecule has 120 valence electrons. The molecule has 1 aliphatic heterocycles. The lowest BCUT2D eigenvalue weighted by Crippen LogP contribution is -2.55. The van der Waals surface area contributed by atoms with Crippen LogP contribution in [-0.2, 0) is 16.1 Å². The Bertz CT molecular complexity index is 514. The Hall–Kier alpha value is -1.88. The van der Waals surface area contributed by atoms with E-state index in [1.165, 1.54) is 4.90 Å². The third kappa shape index (κ3) is 4.31. The predicted octanol–water partition coefficient (Wildman–Crippen LogP) is 2.83. The highest BCUT2D eigenvalue weighted by Crippen LogP contribution is 2.20. The Kier molecular flexibility index (Phi) is 5.55. The molecule has 2 rings (SSSR count). The lowest BCUT2D eigenvalue weighted by atomic mass is 9.94. The first-order valence-corrected chi connectivity index (χ1v) is 7.82. The van der Waals surface area contributed by atoms with Crippen molar-refractivity contribution in [3.63, 3.8) is 0 Å². The zero-order valence-corrected chi connectivity index (χ0v) is 13.1. The third-order valence-corrected chi connectivity index (χ3v) is 3.99. The maximum atomic E-state index is 12.5. The van der Waals surface area contributed by atoms with Gasteiger partial charge in [0.15, 0.2) is 0 Å². The van der Waals surface area contributed by atoms with E-state index in [0.717, 1.165) is 31.2 Å². The second kappa shape index (κ2) is 7.40. The van der Waals surface area contributed by atoms with Crippen molar-refractivity contribution in [2.45, 2.75) is 51.2 Å². The monoisotopic (exact) mass is 304 g/mol. The van der Waals surface area contributed by atoms with E-state index in [1.54, 1.807) is 6.92 Å². The standard InChI is InChI=1S/C17H24N2O3/c1-17(18)11-7-2-3-8-12-19(15(17)20)16(21)22-13-14-9-5-4-6-10-14/h4-6,9-10H,2-3,7-8,11-13,18H2,1H3. The molecule has 1 atom stereocenters. The average molecular weight is 304 g/mol. The van der Waals surface area contributed by atoms with Crippen molar-refractivity contribution in [1.29, 1.82) is 0 Å². The van der Waals surface area contributed by atoms with Gasteiger partial charge in [-0.05, 0) is 25.3 Å². The van der Waals surface area contributed by atoms with Crippen LogP contribution in [0.3, 0.4) is 0 Å². The van der Waals surface area contributed by atoms with Crippen LogP contribution in [0.5, 0.6) is 0 Å². The second-order valence-corrected chi connectivity index (χ2v) is 6.08. The molecule has 0 saturated carbocycles. The minimum absolute atomic E-state index is 0.157. The van der Waals surface area contributed by atoms with Crippen molar-refractivity contribution in [2.24, 2.45) is 5.73 Å². The summed E-state index contributed by atoms with van der Waals surface area (Å²) in [5.74, 6) is -0.340. The largest absolute Gasteiger partial charge is 0.444 e. The number of carbonyl (C=O) groups excluding carboxylic acids is 2. The Labute approximate surface area is 131 Å². The van der Waals surface area contributed by atoms with Gasteiger partial charge in [-0.1, -0.05) is 49.6 Å². The Morgan fingerprint density at radius 2 is 1.91 bits per heavy atom. The summed E-state index contributed by atoms with van der Waals surface area (Å²) < 4.78 is 5.28. The van der Waals surface area contributed by atoms with Crippen molar-refractivity contribution >= 4 is 12.0 Å². The first-order chi connectivity index (χ1) is 10.5. The van der Waals surface area contributed by atoms with Gasteiger partial charge in [-0.15, -0.1) is 0 Å². The van der Waals surface area contributed by atoms with Crippen LogP contribution in [0.2, 0.25) is 0 Å². The van der Waals surface area contributed by atoms with Crippen molar-refractivity contribution < 1.29 is 14.3 Å². The zero-order valence-electron chi connectivity index (χ0n) is 13.1. The van der Waals surface area contributed by atoms with E-state index in [1.807, 2.05) is 30.3 Å². The zero-order chi connectivity index (χ0) is 16.0. The smallest absolute Gasteiger partial charge is 0.416 e. The van der Waals surface area contributed by atoms with E-state index < -0.39 is 11.6 Å². The van der Waals surface area contributed by atoms with Gasteiger partial charge >= 0.3 is 6.09 Å². The van der Waals surface area contributed by atoms with Crippen LogP contribution < -0.4 is 5.73 Å². The molecule has 1 fully saturated rings. The highest BCUT2D eigenvalue weighted by molar-refractivity contribution is 5.97. The summed E-state index contributed by atoms with van der Waals surface area (Å²) in [5.41, 5.74) is 5.98. The fourth-order valence-corrected chi connectivity index (χ4v) is 2.60. The molecule has 0 aromatic heterocycles. The van der Waals surface area contributed by atoms with Crippen LogP contribution >= 0.6 is 0 Å². The number of ether oxygens (including phenoxy) is 1. The Morgan fingerprint density at radius 1 is 1.23 bits per heavy atom. The molecular formula is C17H24N2O3. The fraction of sp³-hybridized carbons (Fsp3) is 0.529. The molecule has 1 saturated heterocycles. The van der Waals surface area contributed by atoms with E-state index >= 15 is 0 Å². The topological polar surface area (TPSA) is 72.6 Å². The van der Waals surface area contributed by atoms with Gasteiger partial charge in [0.1, 0.15) is 6.61 Å². The summed E-state index contributed by atoms with van der Waals surface area (Å²) in [7, 11) is 0. The molecule has 2 N–H and O–H groups in total. The van der Waals surface area contributed by atoms with Gasteiger partial charge in [0.25, 0.3) is 5.91 Å². The highest BCUT2D eigenvalue weighted by Gasteiger charge is 2.36. The Balaban J connectivity index is 2.02. The molecular weight excluding hydrogens is 280 g/mol. The number of nitrogens with zero attached hydrogens (tertiary/aromatic N) is 1. The molecule has 1 aliphatic rings. The van der Waals surface area contributed by atoms with Crippen LogP contribution in [-0.4, -0.2) is 29.0 Å². The SMILES string of the molecule is CC1(N)CCCCCCN(C(=O)OCc2ccccc2)C1=O. The summed E-state index contributed by atoms with van der Waals surface area (Å²) in [6, 6.07) is 9.41. The number of hydrogen-bond acceptors (Lipinski definition) is 4. The van der Waals surface area contributed by atoms with Crippen LogP contribution in [0.15, 0.2) is 30.3 Å². The number of benzene rings is 1. The minimum atomic E-state index is -1.00. The van der Waals surface area contributed by atoms with E-state index in [9.17, 15) is 9.59 Å². The van der Waals surface area contributed by atoms with Crippen molar-refractivity contribution in [1.82, 2.24) is 4.90 Å². The molecule has 0 radical (unpaired) electrons. The van der Waals surface area contributed by atoms with E-state index in [2.05, 4.69) is 0 Å². The van der Waals surface area contributed by atoms with E-state index in [-0.39, 0.29) is 12.5 Å². The molecule has 1 heterocycles. The van der Waals surface area contributed by atoms with Crippen LogP contribution in [0, 0.1) is 0 Å². The molecule has 5 heteroatoms. The Morgan fingerprint density at radius 3 is 2.64 bits per heavy atom. The highest BCUT2D eigenvalue weighted by atomic mass is 16.6. The first kappa shape index (κ1) is 16.5. The van der Waals surface area contributed by atoms with Gasteiger partial charge in [0.05, 0.1) is 5.54 Å². The molecule has 22 heavy (non-hydrogen) atoms. The van der Waals surface area contributed by atoms with Gasteiger partial charge in [0, 0.05) is 6.54 Å². The number of hydrogen-bond donors (Lipinski definition) is 1. The molecule has 2 amide bonds. The maximum absolute atomic E-state index is 12.5. The van der Waals surface area contributed by atoms with Gasteiger partial charge in [0.2, 0.25) is 0 Å². The van der Waals surface area contributed by atoms with Crippen molar-refractivity contribution in [3.8, 4) is 0 Å². The van der Waals surface area contributed by atoms with Gasteiger partial charge in [-0.25, -0.2) is 9.69 Å². The average Bonchev–Trinajstić information content (AvgIpc) is 2.57. The predicted molar refractivity (Wildman–Crippen MR) is 84.0 cm³/mol. The normalized spacial score (nSPS) is 23.4. The van der Waals surface area contributed by atoms with Crippen molar-refractivity contribution in [3.05, 3.63) is 35.9 Å². The summed E-state index contributed by atoms with van der Waals surface area (Å²) in [4.78, 5) is 26.0. The van der Waals surface area contributed by atoms with Crippen LogP contribution in [0.25, 0.3) is 0 Å². The van der Waals surface area contributed by atoms with Gasteiger partial charge < -0.3 is 10.5 Å². The molecule has 0 spiro atoms. The minimum Gasteiger partial charge on any atom is -0.444 e. The third-order valence-electron chi connectivity index (χ3n) is 3.99. The number of rotatable bonds is 2. The number of nitrogens with two attached hydrogens (primary N) is 1. The molecule has 1 aromatic carbocycles.